The summed E-state index contributed by atoms with van der Waals surface area (Å²) >= 11 is 6.12. The van der Waals surface area contributed by atoms with Crippen LogP contribution in [0.4, 0.5) is 5.95 Å². The van der Waals surface area contributed by atoms with Gasteiger partial charge in [0.25, 0.3) is 0 Å². The first-order chi connectivity index (χ1) is 12.1. The lowest BCUT2D eigenvalue weighted by Gasteiger charge is -2.36. The second-order valence-electron chi connectivity index (χ2n) is 6.40. The average molecular weight is 361 g/mol. The number of carbonyl (C=O) groups excluding carboxylic acids is 1. The number of hydrogen-bond donors (Lipinski definition) is 0. The maximum absolute atomic E-state index is 12.6. The monoisotopic (exact) mass is 360 g/mol. The summed E-state index contributed by atoms with van der Waals surface area (Å²) in [6.07, 6.45) is 5.57. The van der Waals surface area contributed by atoms with Gasteiger partial charge in [0.1, 0.15) is 0 Å². The predicted octanol–water partition coefficient (Wildman–Crippen LogP) is 3.61. The van der Waals surface area contributed by atoms with E-state index in [2.05, 4.69) is 23.7 Å². The van der Waals surface area contributed by atoms with Gasteiger partial charge in [-0.25, -0.2) is 4.98 Å². The van der Waals surface area contributed by atoms with Crippen LogP contribution < -0.4 is 4.90 Å². The Morgan fingerprint density at radius 2 is 1.92 bits per heavy atom. The summed E-state index contributed by atoms with van der Waals surface area (Å²) in [7, 11) is 0. The van der Waals surface area contributed by atoms with E-state index in [1.54, 1.807) is 6.20 Å². The van der Waals surface area contributed by atoms with Gasteiger partial charge < -0.3 is 9.80 Å². The van der Waals surface area contributed by atoms with Crippen molar-refractivity contribution in [3.8, 4) is 5.69 Å². The lowest BCUT2D eigenvalue weighted by Crippen LogP contribution is -2.51. The molecule has 0 unspecified atom stereocenters. The van der Waals surface area contributed by atoms with E-state index in [1.165, 1.54) is 0 Å². The van der Waals surface area contributed by atoms with Gasteiger partial charge >= 0.3 is 0 Å². The van der Waals surface area contributed by atoms with Gasteiger partial charge in [-0.05, 0) is 31.0 Å². The molecule has 0 radical (unpaired) electrons. The van der Waals surface area contributed by atoms with Crippen molar-refractivity contribution in [2.45, 2.75) is 26.7 Å². The van der Waals surface area contributed by atoms with Gasteiger partial charge in [-0.15, -0.1) is 0 Å². The van der Waals surface area contributed by atoms with Crippen LogP contribution in [0.15, 0.2) is 36.7 Å². The standard InChI is InChI=1S/C19H25ClN4O/c1-3-15(4-2)18(25)22-10-12-23(13-11-22)19-21-8-9-24(19)17-7-5-6-16(20)14-17/h5-9,14-15H,3-4,10-13H2,1-2H3. The number of anilines is 1. The highest BCUT2D eigenvalue weighted by atomic mass is 35.5. The van der Waals surface area contributed by atoms with Crippen molar-refractivity contribution in [3.05, 3.63) is 41.7 Å². The van der Waals surface area contributed by atoms with Crippen molar-refractivity contribution in [2.75, 3.05) is 31.1 Å². The number of rotatable bonds is 5. The second kappa shape index (κ2) is 7.91. The Morgan fingerprint density at radius 3 is 2.56 bits per heavy atom. The van der Waals surface area contributed by atoms with Crippen LogP contribution in [-0.4, -0.2) is 46.5 Å². The van der Waals surface area contributed by atoms with Crippen LogP contribution in [0.25, 0.3) is 5.69 Å². The van der Waals surface area contributed by atoms with E-state index < -0.39 is 0 Å². The van der Waals surface area contributed by atoms with Gasteiger partial charge in [0.2, 0.25) is 11.9 Å². The van der Waals surface area contributed by atoms with Crippen LogP contribution in [-0.2, 0) is 4.79 Å². The quantitative estimate of drug-likeness (QED) is 0.817. The van der Waals surface area contributed by atoms with Crippen molar-refractivity contribution >= 4 is 23.5 Å². The summed E-state index contributed by atoms with van der Waals surface area (Å²) < 4.78 is 2.05. The van der Waals surface area contributed by atoms with Crippen LogP contribution >= 0.6 is 11.6 Å². The van der Waals surface area contributed by atoms with Gasteiger partial charge in [0.05, 0.1) is 0 Å². The van der Waals surface area contributed by atoms with Crippen molar-refractivity contribution < 1.29 is 4.79 Å². The van der Waals surface area contributed by atoms with E-state index in [1.807, 2.05) is 39.9 Å². The number of carbonyl (C=O) groups is 1. The third-order valence-corrected chi connectivity index (χ3v) is 5.15. The molecule has 0 atom stereocenters. The van der Waals surface area contributed by atoms with Crippen LogP contribution in [0.3, 0.4) is 0 Å². The number of aromatic nitrogens is 2. The van der Waals surface area contributed by atoms with Gasteiger partial charge in [-0.1, -0.05) is 31.5 Å². The minimum Gasteiger partial charge on any atom is -0.339 e. The maximum Gasteiger partial charge on any atom is 0.225 e. The normalized spacial score (nSPS) is 15.0. The zero-order valence-electron chi connectivity index (χ0n) is 14.9. The summed E-state index contributed by atoms with van der Waals surface area (Å²) in [5.74, 6) is 1.35. The maximum atomic E-state index is 12.6. The highest BCUT2D eigenvalue weighted by Gasteiger charge is 2.27. The molecule has 0 spiro atoms. The Balaban J connectivity index is 1.70. The van der Waals surface area contributed by atoms with Crippen molar-refractivity contribution in [2.24, 2.45) is 5.92 Å². The van der Waals surface area contributed by atoms with Crippen LogP contribution in [0.5, 0.6) is 0 Å². The molecule has 0 aliphatic carbocycles. The molecule has 5 nitrogen and oxygen atoms in total. The molecule has 1 aliphatic rings. The minimum atomic E-state index is 0.153. The molecule has 2 aromatic rings. The second-order valence-corrected chi connectivity index (χ2v) is 6.84. The topological polar surface area (TPSA) is 41.4 Å². The Morgan fingerprint density at radius 1 is 1.20 bits per heavy atom. The third kappa shape index (κ3) is 3.82. The summed E-state index contributed by atoms with van der Waals surface area (Å²) in [5.41, 5.74) is 0.996. The molecule has 1 amide bonds. The van der Waals surface area contributed by atoms with E-state index in [-0.39, 0.29) is 5.92 Å². The van der Waals surface area contributed by atoms with E-state index in [9.17, 15) is 4.79 Å². The van der Waals surface area contributed by atoms with Gasteiger partial charge in [-0.3, -0.25) is 9.36 Å². The minimum absolute atomic E-state index is 0.153. The number of amides is 1. The predicted molar refractivity (Wildman–Crippen MR) is 101 cm³/mol. The van der Waals surface area contributed by atoms with E-state index >= 15 is 0 Å². The molecule has 2 heterocycles. The van der Waals surface area contributed by atoms with Gasteiger partial charge in [0, 0.05) is 55.2 Å². The zero-order chi connectivity index (χ0) is 17.8. The number of nitrogens with zero attached hydrogens (tertiary/aromatic N) is 4. The Hall–Kier alpha value is -2.01. The van der Waals surface area contributed by atoms with Crippen molar-refractivity contribution in [1.82, 2.24) is 14.5 Å². The molecule has 0 bridgehead atoms. The van der Waals surface area contributed by atoms with Crippen LogP contribution in [0.2, 0.25) is 5.02 Å². The molecule has 134 valence electrons. The molecule has 3 rings (SSSR count). The van der Waals surface area contributed by atoms with Crippen molar-refractivity contribution in [1.29, 1.82) is 0 Å². The first-order valence-corrected chi connectivity index (χ1v) is 9.34. The molecule has 6 heteroatoms. The molecule has 25 heavy (non-hydrogen) atoms. The van der Waals surface area contributed by atoms with Crippen LogP contribution in [0, 0.1) is 5.92 Å². The summed E-state index contributed by atoms with van der Waals surface area (Å²) in [5, 5.41) is 0.706. The molecule has 1 aliphatic heterocycles. The molecular formula is C19H25ClN4O. The van der Waals surface area contributed by atoms with Crippen molar-refractivity contribution in [3.63, 3.8) is 0 Å². The molecule has 0 N–H and O–H groups in total. The fraction of sp³-hybridized carbons (Fsp3) is 0.474. The Kier molecular flexibility index (Phi) is 5.63. The van der Waals surface area contributed by atoms with E-state index in [0.29, 0.717) is 10.9 Å². The Labute approximate surface area is 154 Å². The molecule has 1 aromatic carbocycles. The fourth-order valence-electron chi connectivity index (χ4n) is 3.38. The highest BCUT2D eigenvalue weighted by Crippen LogP contribution is 2.22. The first-order valence-electron chi connectivity index (χ1n) is 8.97. The van der Waals surface area contributed by atoms with Gasteiger partial charge in [0.15, 0.2) is 0 Å². The van der Waals surface area contributed by atoms with Gasteiger partial charge in [-0.2, -0.15) is 0 Å². The number of piperazine rings is 1. The molecule has 1 aromatic heterocycles. The Bertz CT molecular complexity index is 718. The smallest absolute Gasteiger partial charge is 0.225 e. The lowest BCUT2D eigenvalue weighted by atomic mass is 10.0. The van der Waals surface area contributed by atoms with E-state index in [4.69, 9.17) is 11.6 Å². The largest absolute Gasteiger partial charge is 0.339 e. The molecular weight excluding hydrogens is 336 g/mol. The first kappa shape index (κ1) is 17.8. The lowest BCUT2D eigenvalue weighted by molar-refractivity contribution is -0.136. The van der Waals surface area contributed by atoms with E-state index in [0.717, 1.165) is 50.7 Å². The number of halogens is 1. The SMILES string of the molecule is CCC(CC)C(=O)N1CCN(c2nccn2-c2cccc(Cl)c2)CC1. The third-order valence-electron chi connectivity index (χ3n) is 4.92. The average Bonchev–Trinajstić information content (AvgIpc) is 3.12. The molecule has 1 saturated heterocycles. The number of hydrogen-bond acceptors (Lipinski definition) is 3. The summed E-state index contributed by atoms with van der Waals surface area (Å²) in [4.78, 5) is 21.3. The number of benzene rings is 1. The van der Waals surface area contributed by atoms with Crippen LogP contribution in [0.1, 0.15) is 26.7 Å². The zero-order valence-corrected chi connectivity index (χ0v) is 15.6. The molecule has 0 saturated carbocycles. The number of imidazole rings is 1. The fourth-order valence-corrected chi connectivity index (χ4v) is 3.56. The molecule has 1 fully saturated rings. The summed E-state index contributed by atoms with van der Waals surface area (Å²) in [6.45, 7) is 7.26. The highest BCUT2D eigenvalue weighted by molar-refractivity contribution is 6.30. The summed E-state index contributed by atoms with van der Waals surface area (Å²) in [6, 6.07) is 7.75.